The van der Waals surface area contributed by atoms with Gasteiger partial charge in [-0.15, -0.1) is 0 Å². The molecule has 1 aromatic rings. The van der Waals surface area contributed by atoms with Gasteiger partial charge < -0.3 is 9.64 Å². The zero-order chi connectivity index (χ0) is 14.0. The molecule has 0 bridgehead atoms. The Balaban J connectivity index is 1.68. The quantitative estimate of drug-likeness (QED) is 0.476. The lowest BCUT2D eigenvalue weighted by atomic mass is 9.73. The lowest BCUT2D eigenvalue weighted by molar-refractivity contribution is -0.000463. The lowest BCUT2D eigenvalue weighted by Gasteiger charge is -2.52. The summed E-state index contributed by atoms with van der Waals surface area (Å²) in [5.74, 6) is 0.903. The Morgan fingerprint density at radius 3 is 3.21 bits per heavy atom. The summed E-state index contributed by atoms with van der Waals surface area (Å²) in [5.41, 5.74) is 9.19. The molecule has 3 rings (SSSR count). The van der Waals surface area contributed by atoms with Gasteiger partial charge in [0.05, 0.1) is 6.54 Å². The number of nitrogens with zero attached hydrogens (tertiary/aromatic N) is 5. The van der Waals surface area contributed by atoms with Crippen LogP contribution in [0.5, 0.6) is 0 Å². The highest BCUT2D eigenvalue weighted by Crippen LogP contribution is 2.41. The van der Waals surface area contributed by atoms with Gasteiger partial charge in [0.1, 0.15) is 5.82 Å². The molecule has 2 fully saturated rings. The van der Waals surface area contributed by atoms with Crippen molar-refractivity contribution >= 4 is 5.82 Å². The van der Waals surface area contributed by atoms with E-state index in [0.29, 0.717) is 6.61 Å². The zero-order valence-electron chi connectivity index (χ0n) is 11.7. The van der Waals surface area contributed by atoms with E-state index >= 15 is 0 Å². The van der Waals surface area contributed by atoms with Gasteiger partial charge in [-0.25, -0.2) is 4.98 Å². The van der Waals surface area contributed by atoms with E-state index in [-0.39, 0.29) is 18.4 Å². The van der Waals surface area contributed by atoms with E-state index in [1.54, 1.807) is 0 Å². The van der Waals surface area contributed by atoms with Crippen molar-refractivity contribution < 1.29 is 6.11 Å². The molecule has 1 atom stereocenters. The third-order valence-corrected chi connectivity index (χ3v) is 3.80. The fourth-order valence-corrected chi connectivity index (χ4v) is 2.69. The van der Waals surface area contributed by atoms with Crippen LogP contribution in [-0.4, -0.2) is 31.3 Å². The molecule has 2 saturated heterocycles. The largest absolute Gasteiger partial charge is 0.381 e. The predicted molar refractivity (Wildman–Crippen MR) is 71.8 cm³/mol. The molecule has 1 unspecified atom stereocenters. The molecule has 1 aromatic heterocycles. The van der Waals surface area contributed by atoms with Crippen LogP contribution in [0.25, 0.3) is 10.4 Å². The third-order valence-electron chi connectivity index (χ3n) is 3.80. The molecule has 1 spiro atoms. The first-order valence-corrected chi connectivity index (χ1v) is 6.45. The van der Waals surface area contributed by atoms with Crippen LogP contribution in [0.15, 0.2) is 23.3 Å². The van der Waals surface area contributed by atoms with Crippen LogP contribution < -0.4 is 4.90 Å². The van der Waals surface area contributed by atoms with Crippen LogP contribution in [0, 0.1) is 5.41 Å². The molecule has 6 nitrogen and oxygen atoms in total. The summed E-state index contributed by atoms with van der Waals surface area (Å²) in [6, 6.07) is 5.75. The fraction of sp³-hybridized carbons (Fsp3) is 0.615. The van der Waals surface area contributed by atoms with Crippen LogP contribution in [0.3, 0.4) is 0 Å². The SMILES string of the molecule is [2H]C1COCCC12CN(c1cccc(CN=[N+]=[N-])n1)C2. The maximum atomic E-state index is 8.35. The zero-order valence-corrected chi connectivity index (χ0v) is 10.7. The van der Waals surface area contributed by atoms with E-state index < -0.39 is 0 Å². The van der Waals surface area contributed by atoms with Crippen molar-refractivity contribution in [2.24, 2.45) is 10.5 Å². The highest BCUT2D eigenvalue weighted by molar-refractivity contribution is 5.44. The Labute approximate surface area is 113 Å². The number of ether oxygens (including phenoxy) is 1. The second-order valence-electron chi connectivity index (χ2n) is 5.12. The van der Waals surface area contributed by atoms with Crippen molar-refractivity contribution in [3.8, 4) is 0 Å². The Hall–Kier alpha value is -1.78. The third kappa shape index (κ3) is 2.50. The summed E-state index contributed by atoms with van der Waals surface area (Å²) in [6.45, 7) is 3.30. The Morgan fingerprint density at radius 1 is 1.53 bits per heavy atom. The summed E-state index contributed by atoms with van der Waals surface area (Å²) < 4.78 is 13.5. The van der Waals surface area contributed by atoms with Crippen molar-refractivity contribution in [1.29, 1.82) is 0 Å². The second-order valence-corrected chi connectivity index (χ2v) is 5.12. The maximum Gasteiger partial charge on any atom is 0.128 e. The Bertz CT molecular complexity index is 539. The van der Waals surface area contributed by atoms with E-state index in [2.05, 4.69) is 19.9 Å². The Morgan fingerprint density at radius 2 is 2.42 bits per heavy atom. The minimum Gasteiger partial charge on any atom is -0.381 e. The van der Waals surface area contributed by atoms with E-state index in [1.165, 1.54) is 0 Å². The molecule has 0 saturated carbocycles. The van der Waals surface area contributed by atoms with E-state index in [4.69, 9.17) is 11.6 Å². The molecule has 2 aliphatic heterocycles. The van der Waals surface area contributed by atoms with Crippen LogP contribution >= 0.6 is 0 Å². The molecular weight excluding hydrogens is 242 g/mol. The molecular formula is C13H17N5O. The number of anilines is 1. The monoisotopic (exact) mass is 260 g/mol. The molecule has 3 heterocycles. The number of hydrogen-bond donors (Lipinski definition) is 0. The van der Waals surface area contributed by atoms with Gasteiger partial charge in [0.25, 0.3) is 0 Å². The van der Waals surface area contributed by atoms with Crippen LogP contribution in [0.4, 0.5) is 5.82 Å². The van der Waals surface area contributed by atoms with Gasteiger partial charge >= 0.3 is 0 Å². The Kier molecular flexibility index (Phi) is 2.96. The van der Waals surface area contributed by atoms with Crippen LogP contribution in [0.1, 0.15) is 19.9 Å². The topological polar surface area (TPSA) is 74.1 Å². The molecule has 0 amide bonds. The first-order valence-electron chi connectivity index (χ1n) is 7.03. The average Bonchev–Trinajstić information content (AvgIpc) is 2.44. The van der Waals surface area contributed by atoms with Gasteiger partial charge in [0, 0.05) is 43.7 Å². The number of hydrogen-bond acceptors (Lipinski definition) is 4. The molecule has 0 aliphatic carbocycles. The predicted octanol–water partition coefficient (Wildman–Crippen LogP) is 2.51. The first kappa shape index (κ1) is 11.1. The number of rotatable bonds is 3. The summed E-state index contributed by atoms with van der Waals surface area (Å²) in [4.78, 5) is 9.44. The van der Waals surface area contributed by atoms with Gasteiger partial charge in [-0.1, -0.05) is 11.2 Å². The molecule has 0 aromatic carbocycles. The van der Waals surface area contributed by atoms with Gasteiger partial charge in [0.2, 0.25) is 0 Å². The van der Waals surface area contributed by atoms with Gasteiger partial charge in [0.15, 0.2) is 0 Å². The lowest BCUT2D eigenvalue weighted by Crippen LogP contribution is -2.58. The van der Waals surface area contributed by atoms with Crippen molar-refractivity contribution in [3.63, 3.8) is 0 Å². The standard InChI is InChI=1S/C13H17N5O/c14-17-15-8-11-2-1-3-12(16-11)18-9-13(10-18)4-6-19-7-5-13/h1-3H,4-10H2/i4D. The molecule has 0 N–H and O–H groups in total. The average molecular weight is 260 g/mol. The minimum absolute atomic E-state index is 0.0702. The summed E-state index contributed by atoms with van der Waals surface area (Å²) >= 11 is 0. The smallest absolute Gasteiger partial charge is 0.128 e. The number of pyridine rings is 1. The highest BCUT2D eigenvalue weighted by Gasteiger charge is 2.44. The normalized spacial score (nSPS) is 25.4. The summed E-state index contributed by atoms with van der Waals surface area (Å²) in [5, 5.41) is 3.53. The fourth-order valence-electron chi connectivity index (χ4n) is 2.69. The highest BCUT2D eigenvalue weighted by atomic mass is 16.5. The van der Waals surface area contributed by atoms with Crippen molar-refractivity contribution in [2.45, 2.75) is 19.4 Å². The van der Waals surface area contributed by atoms with Gasteiger partial charge in [-0.2, -0.15) is 0 Å². The molecule has 100 valence electrons. The van der Waals surface area contributed by atoms with Gasteiger partial charge in [-0.3, -0.25) is 0 Å². The van der Waals surface area contributed by atoms with Crippen molar-refractivity contribution in [1.82, 2.24) is 4.98 Å². The summed E-state index contributed by atoms with van der Waals surface area (Å²) in [6.07, 6.45) is 0.815. The van der Waals surface area contributed by atoms with E-state index in [0.717, 1.165) is 37.6 Å². The first-order chi connectivity index (χ1) is 9.73. The van der Waals surface area contributed by atoms with Crippen LogP contribution in [0.2, 0.25) is 0 Å². The van der Waals surface area contributed by atoms with Gasteiger partial charge in [-0.05, 0) is 30.5 Å². The van der Waals surface area contributed by atoms with E-state index in [1.807, 2.05) is 18.2 Å². The van der Waals surface area contributed by atoms with Crippen molar-refractivity contribution in [2.75, 3.05) is 31.2 Å². The minimum atomic E-state index is -0.140. The van der Waals surface area contributed by atoms with E-state index in [9.17, 15) is 0 Å². The second kappa shape index (κ2) is 5.07. The van der Waals surface area contributed by atoms with Crippen molar-refractivity contribution in [3.05, 3.63) is 34.3 Å². The molecule has 0 radical (unpaired) electrons. The summed E-state index contributed by atoms with van der Waals surface area (Å²) in [7, 11) is 0. The number of azide groups is 1. The molecule has 6 heteroatoms. The molecule has 19 heavy (non-hydrogen) atoms. The maximum absolute atomic E-state index is 8.35. The van der Waals surface area contributed by atoms with Crippen LogP contribution in [-0.2, 0) is 11.3 Å². The molecule has 2 aliphatic rings. The number of aromatic nitrogens is 1.